The first-order chi connectivity index (χ1) is 16.5. The van der Waals surface area contributed by atoms with E-state index in [1.54, 1.807) is 6.07 Å². The number of hydrogen-bond donors (Lipinski definition) is 1. The minimum absolute atomic E-state index is 0.401. The summed E-state index contributed by atoms with van der Waals surface area (Å²) >= 11 is 0. The van der Waals surface area contributed by atoms with Crippen molar-refractivity contribution in [1.29, 1.82) is 0 Å². The highest BCUT2D eigenvalue weighted by atomic mass is 16.4. The summed E-state index contributed by atoms with van der Waals surface area (Å²) in [4.78, 5) is 12.3. The maximum Gasteiger partial charge on any atom is 0.336 e. The number of carbonyl (C=O) groups is 1. The fourth-order valence-electron chi connectivity index (χ4n) is 5.74. The van der Waals surface area contributed by atoms with Gasteiger partial charge in [-0.15, -0.1) is 0 Å². The molecule has 0 amide bonds. The summed E-state index contributed by atoms with van der Waals surface area (Å²) in [6, 6.07) is 14.2. The van der Waals surface area contributed by atoms with Crippen LogP contribution in [0.5, 0.6) is 0 Å². The van der Waals surface area contributed by atoms with Crippen LogP contribution in [0.25, 0.3) is 32.3 Å². The Morgan fingerprint density at radius 2 is 1.24 bits per heavy atom. The average molecular weight is 455 g/mol. The number of carboxylic acid groups (broad SMARTS) is 1. The summed E-state index contributed by atoms with van der Waals surface area (Å²) in [5, 5.41) is 16.8. The van der Waals surface area contributed by atoms with Crippen LogP contribution >= 0.6 is 0 Å². The fraction of sp³-hybridized carbons (Fsp3) is 0.406. The largest absolute Gasteiger partial charge is 0.478 e. The van der Waals surface area contributed by atoms with Crippen LogP contribution in [0.2, 0.25) is 0 Å². The summed E-state index contributed by atoms with van der Waals surface area (Å²) in [5.41, 5.74) is 5.67. The van der Waals surface area contributed by atoms with Crippen molar-refractivity contribution in [2.75, 3.05) is 0 Å². The van der Waals surface area contributed by atoms with Crippen LogP contribution in [0.1, 0.15) is 90.9 Å². The molecule has 4 rings (SSSR count). The van der Waals surface area contributed by atoms with E-state index in [1.807, 2.05) is 6.07 Å². The van der Waals surface area contributed by atoms with Gasteiger partial charge in [0.05, 0.1) is 5.56 Å². The number of unbranched alkanes of at least 4 members (excludes halogenated alkanes) is 7. The van der Waals surface area contributed by atoms with Crippen molar-refractivity contribution in [2.45, 2.75) is 85.5 Å². The van der Waals surface area contributed by atoms with Crippen LogP contribution in [-0.2, 0) is 6.42 Å². The Morgan fingerprint density at radius 1 is 0.647 bits per heavy atom. The van der Waals surface area contributed by atoms with Crippen LogP contribution < -0.4 is 0 Å². The van der Waals surface area contributed by atoms with Crippen LogP contribution in [0, 0.1) is 20.8 Å². The van der Waals surface area contributed by atoms with Gasteiger partial charge in [-0.25, -0.2) is 4.79 Å². The van der Waals surface area contributed by atoms with Crippen LogP contribution in [0.3, 0.4) is 0 Å². The van der Waals surface area contributed by atoms with Gasteiger partial charge in [0.15, 0.2) is 0 Å². The summed E-state index contributed by atoms with van der Waals surface area (Å²) in [6.45, 7) is 8.88. The van der Waals surface area contributed by atoms with E-state index in [1.165, 1.54) is 84.4 Å². The molecule has 0 aliphatic heterocycles. The van der Waals surface area contributed by atoms with Gasteiger partial charge in [-0.05, 0) is 88.9 Å². The first-order valence-electron chi connectivity index (χ1n) is 13.1. The van der Waals surface area contributed by atoms with Gasteiger partial charge >= 0.3 is 5.97 Å². The predicted octanol–water partition coefficient (Wildman–Crippen LogP) is 9.45. The number of fused-ring (bicyclic) bond motifs is 6. The molecule has 4 aromatic rings. The number of aromatic carboxylic acids is 1. The molecule has 0 atom stereocenters. The van der Waals surface area contributed by atoms with Gasteiger partial charge in [0, 0.05) is 5.39 Å². The monoisotopic (exact) mass is 454 g/mol. The molecule has 0 fully saturated rings. The number of aryl methyl sites for hydroxylation is 2. The quantitative estimate of drug-likeness (QED) is 0.191. The molecule has 0 heterocycles. The van der Waals surface area contributed by atoms with Crippen molar-refractivity contribution in [3.8, 4) is 0 Å². The normalized spacial score (nSPS) is 11.6. The highest BCUT2D eigenvalue weighted by Gasteiger charge is 2.21. The zero-order valence-corrected chi connectivity index (χ0v) is 21.3. The maximum absolute atomic E-state index is 12.3. The lowest BCUT2D eigenvalue weighted by molar-refractivity contribution is 0.0699. The molecular formula is C32H38O2. The lowest BCUT2D eigenvalue weighted by Crippen LogP contribution is -2.03. The molecule has 2 heteroatoms. The van der Waals surface area contributed by atoms with Gasteiger partial charge < -0.3 is 5.11 Å². The van der Waals surface area contributed by atoms with E-state index < -0.39 is 5.97 Å². The molecule has 2 nitrogen and oxygen atoms in total. The van der Waals surface area contributed by atoms with Crippen molar-refractivity contribution in [2.24, 2.45) is 0 Å². The van der Waals surface area contributed by atoms with E-state index in [2.05, 4.69) is 58.0 Å². The number of carboxylic acids is 1. The van der Waals surface area contributed by atoms with Crippen LogP contribution in [-0.4, -0.2) is 11.1 Å². The van der Waals surface area contributed by atoms with Crippen LogP contribution in [0.15, 0.2) is 42.5 Å². The topological polar surface area (TPSA) is 37.3 Å². The number of hydrogen-bond acceptors (Lipinski definition) is 1. The summed E-state index contributed by atoms with van der Waals surface area (Å²) in [6.07, 6.45) is 11.5. The molecule has 178 valence electrons. The summed E-state index contributed by atoms with van der Waals surface area (Å²) in [7, 11) is 0. The van der Waals surface area contributed by atoms with Gasteiger partial charge in [0.25, 0.3) is 0 Å². The van der Waals surface area contributed by atoms with Crippen molar-refractivity contribution in [1.82, 2.24) is 0 Å². The van der Waals surface area contributed by atoms with Crippen LogP contribution in [0.4, 0.5) is 0 Å². The minimum Gasteiger partial charge on any atom is -0.478 e. The third-order valence-electron chi connectivity index (χ3n) is 7.82. The Kier molecular flexibility index (Phi) is 7.56. The van der Waals surface area contributed by atoms with Gasteiger partial charge in [-0.2, -0.15) is 0 Å². The second-order valence-electron chi connectivity index (χ2n) is 9.91. The molecule has 1 N–H and O–H groups in total. The van der Waals surface area contributed by atoms with E-state index in [-0.39, 0.29) is 0 Å². The zero-order chi connectivity index (χ0) is 24.2. The van der Waals surface area contributed by atoms with Crippen molar-refractivity contribution in [3.05, 3.63) is 70.3 Å². The lowest BCUT2D eigenvalue weighted by Gasteiger charge is -2.21. The van der Waals surface area contributed by atoms with Gasteiger partial charge in [0.2, 0.25) is 0 Å². The Hall–Kier alpha value is -2.87. The molecular weight excluding hydrogens is 416 g/mol. The second kappa shape index (κ2) is 10.6. The van der Waals surface area contributed by atoms with E-state index >= 15 is 0 Å². The molecule has 0 aliphatic carbocycles. The van der Waals surface area contributed by atoms with E-state index in [0.29, 0.717) is 5.56 Å². The molecule has 0 unspecified atom stereocenters. The molecule has 0 aliphatic rings. The van der Waals surface area contributed by atoms with Gasteiger partial charge in [0.1, 0.15) is 0 Å². The van der Waals surface area contributed by atoms with Gasteiger partial charge in [-0.3, -0.25) is 0 Å². The average Bonchev–Trinajstić information content (AvgIpc) is 2.85. The Balaban J connectivity index is 1.86. The molecule has 4 aromatic carbocycles. The fourth-order valence-corrected chi connectivity index (χ4v) is 5.74. The Morgan fingerprint density at radius 3 is 1.91 bits per heavy atom. The smallest absolute Gasteiger partial charge is 0.336 e. The third-order valence-corrected chi connectivity index (χ3v) is 7.82. The molecule has 0 saturated heterocycles. The summed E-state index contributed by atoms with van der Waals surface area (Å²) < 4.78 is 0. The maximum atomic E-state index is 12.3. The molecule has 0 bridgehead atoms. The molecule has 0 aromatic heterocycles. The first kappa shape index (κ1) is 24.3. The zero-order valence-electron chi connectivity index (χ0n) is 21.3. The molecule has 0 saturated carbocycles. The van der Waals surface area contributed by atoms with Crippen molar-refractivity contribution in [3.63, 3.8) is 0 Å². The molecule has 0 radical (unpaired) electrons. The lowest BCUT2D eigenvalue weighted by atomic mass is 9.82. The van der Waals surface area contributed by atoms with Crippen molar-refractivity contribution >= 4 is 38.3 Å². The van der Waals surface area contributed by atoms with Gasteiger partial charge in [-0.1, -0.05) is 88.3 Å². The molecule has 0 spiro atoms. The Labute approximate surface area is 204 Å². The predicted molar refractivity (Wildman–Crippen MR) is 146 cm³/mol. The number of benzene rings is 4. The summed E-state index contributed by atoms with van der Waals surface area (Å²) in [5.74, 6) is -0.857. The second-order valence-corrected chi connectivity index (χ2v) is 9.91. The van der Waals surface area contributed by atoms with E-state index in [4.69, 9.17) is 0 Å². The molecule has 34 heavy (non-hydrogen) atoms. The minimum atomic E-state index is -0.857. The SMILES string of the molecule is CCCCCCCCCCc1c(C)c(C)c(C)c2c3c(C(=O)O)cccc3c3ccccc3c12. The highest BCUT2D eigenvalue weighted by Crippen LogP contribution is 2.42. The van der Waals surface area contributed by atoms with Crippen molar-refractivity contribution < 1.29 is 9.90 Å². The highest BCUT2D eigenvalue weighted by molar-refractivity contribution is 6.30. The first-order valence-corrected chi connectivity index (χ1v) is 13.1. The Bertz CT molecular complexity index is 1350. The third kappa shape index (κ3) is 4.43. The van der Waals surface area contributed by atoms with E-state index in [9.17, 15) is 9.90 Å². The number of rotatable bonds is 10. The van der Waals surface area contributed by atoms with E-state index in [0.717, 1.165) is 28.0 Å². The standard InChI is InChI=1S/C32H38O2/c1-5-6-7-8-9-10-11-12-16-24-22(3)21(2)23(4)29-30(24)26-18-14-13-17-25(26)27-19-15-20-28(31(27)29)32(33)34/h13-15,17-20H,5-12,16H2,1-4H3,(H,33,34).